The second kappa shape index (κ2) is 6.38. The molecule has 1 aromatic rings. The van der Waals surface area contributed by atoms with Crippen LogP contribution in [0.25, 0.3) is 0 Å². The lowest BCUT2D eigenvalue weighted by molar-refractivity contribution is -0.124. The molecular weight excluding hydrogens is 330 g/mol. The number of urea groups is 1. The molecule has 5 nitrogen and oxygen atoms in total. The Hall–Kier alpha value is -1.08. The maximum Gasteiger partial charge on any atom is 0.318 e. The van der Waals surface area contributed by atoms with E-state index in [2.05, 4.69) is 26.6 Å². The highest BCUT2D eigenvalue weighted by molar-refractivity contribution is 9.11. The van der Waals surface area contributed by atoms with Crippen LogP contribution in [0.1, 0.15) is 18.9 Å². The monoisotopic (exact) mass is 345 g/mol. The Balaban J connectivity index is 1.95. The molecular formula is C12H16BrN3O2S. The molecule has 7 heteroatoms. The molecule has 0 bridgehead atoms. The van der Waals surface area contributed by atoms with Crippen molar-refractivity contribution < 1.29 is 9.59 Å². The first-order valence-electron chi connectivity index (χ1n) is 6.13. The highest BCUT2D eigenvalue weighted by Crippen LogP contribution is 2.23. The van der Waals surface area contributed by atoms with E-state index in [9.17, 15) is 9.59 Å². The lowest BCUT2D eigenvalue weighted by Crippen LogP contribution is -2.49. The quantitative estimate of drug-likeness (QED) is 0.860. The van der Waals surface area contributed by atoms with Crippen molar-refractivity contribution in [2.24, 2.45) is 0 Å². The normalized spacial score (nSPS) is 19.8. The van der Waals surface area contributed by atoms with Gasteiger partial charge in [0.25, 0.3) is 0 Å². The van der Waals surface area contributed by atoms with E-state index >= 15 is 0 Å². The molecule has 104 valence electrons. The largest absolute Gasteiger partial charge is 0.354 e. The van der Waals surface area contributed by atoms with Gasteiger partial charge in [-0.2, -0.15) is 0 Å². The summed E-state index contributed by atoms with van der Waals surface area (Å²) in [5.41, 5.74) is 1.05. The van der Waals surface area contributed by atoms with Crippen molar-refractivity contribution in [1.29, 1.82) is 0 Å². The summed E-state index contributed by atoms with van der Waals surface area (Å²) in [6, 6.07) is 1.35. The van der Waals surface area contributed by atoms with Crippen molar-refractivity contribution >= 4 is 39.2 Å². The first kappa shape index (κ1) is 14.3. The molecule has 0 unspecified atom stereocenters. The van der Waals surface area contributed by atoms with Crippen molar-refractivity contribution in [3.63, 3.8) is 0 Å². The highest BCUT2D eigenvalue weighted by Gasteiger charge is 2.27. The van der Waals surface area contributed by atoms with Gasteiger partial charge in [0.15, 0.2) is 0 Å². The fraction of sp³-hybridized carbons (Fsp3) is 0.500. The molecule has 2 heterocycles. The third kappa shape index (κ3) is 3.48. The average molecular weight is 346 g/mol. The third-order valence-electron chi connectivity index (χ3n) is 3.11. The molecule has 1 atom stereocenters. The van der Waals surface area contributed by atoms with Gasteiger partial charge in [-0.25, -0.2) is 4.79 Å². The molecule has 0 radical (unpaired) electrons. The van der Waals surface area contributed by atoms with Crippen molar-refractivity contribution in [2.45, 2.75) is 25.9 Å². The van der Waals surface area contributed by atoms with Crippen LogP contribution in [0.4, 0.5) is 4.79 Å². The van der Waals surface area contributed by atoms with Crippen LogP contribution in [0.2, 0.25) is 0 Å². The Morgan fingerprint density at radius 1 is 1.68 bits per heavy atom. The number of carbonyl (C=O) groups excluding carboxylic acids is 2. The molecule has 0 saturated carbocycles. The summed E-state index contributed by atoms with van der Waals surface area (Å²) in [5.74, 6) is -0.0932. The second-order valence-corrected chi connectivity index (χ2v) is 6.63. The number of nitrogens with zero attached hydrogens (tertiary/aromatic N) is 1. The maximum atomic E-state index is 12.1. The molecule has 0 aliphatic carbocycles. The fourth-order valence-electron chi connectivity index (χ4n) is 1.94. The van der Waals surface area contributed by atoms with E-state index in [1.165, 1.54) is 0 Å². The summed E-state index contributed by atoms with van der Waals surface area (Å²) in [6.07, 6.45) is 0.783. The van der Waals surface area contributed by atoms with Crippen LogP contribution in [0.3, 0.4) is 0 Å². The number of amides is 3. The van der Waals surface area contributed by atoms with Crippen LogP contribution in [0.15, 0.2) is 15.2 Å². The Morgan fingerprint density at radius 3 is 3.16 bits per heavy atom. The molecule has 2 rings (SSSR count). The molecule has 1 aliphatic rings. The van der Waals surface area contributed by atoms with Crippen LogP contribution in [0.5, 0.6) is 0 Å². The Bertz CT molecular complexity index is 477. The average Bonchev–Trinajstić information content (AvgIpc) is 2.72. The molecule has 2 N–H and O–H groups in total. The number of hydrogen-bond acceptors (Lipinski definition) is 3. The summed E-state index contributed by atoms with van der Waals surface area (Å²) >= 11 is 5.02. The number of halogens is 1. The Kier molecular flexibility index (Phi) is 4.81. The number of carbonyl (C=O) groups is 2. The van der Waals surface area contributed by atoms with Gasteiger partial charge in [0, 0.05) is 19.6 Å². The topological polar surface area (TPSA) is 61.4 Å². The summed E-state index contributed by atoms with van der Waals surface area (Å²) in [4.78, 5) is 25.4. The van der Waals surface area contributed by atoms with Gasteiger partial charge in [-0.3, -0.25) is 4.79 Å². The summed E-state index contributed by atoms with van der Waals surface area (Å²) in [5, 5.41) is 7.62. The van der Waals surface area contributed by atoms with Gasteiger partial charge in [-0.1, -0.05) is 0 Å². The van der Waals surface area contributed by atoms with E-state index in [1.54, 1.807) is 23.2 Å². The zero-order valence-corrected chi connectivity index (χ0v) is 13.0. The second-order valence-electron chi connectivity index (χ2n) is 4.39. The van der Waals surface area contributed by atoms with Crippen LogP contribution in [0, 0.1) is 0 Å². The van der Waals surface area contributed by atoms with Gasteiger partial charge in [0.2, 0.25) is 5.91 Å². The van der Waals surface area contributed by atoms with Gasteiger partial charge in [-0.05, 0) is 46.3 Å². The van der Waals surface area contributed by atoms with Crippen LogP contribution < -0.4 is 10.6 Å². The lowest BCUT2D eigenvalue weighted by Gasteiger charge is -2.25. The van der Waals surface area contributed by atoms with Gasteiger partial charge in [-0.15, -0.1) is 11.3 Å². The van der Waals surface area contributed by atoms with E-state index in [-0.39, 0.29) is 11.9 Å². The predicted octanol–water partition coefficient (Wildman–Crippen LogP) is 1.93. The van der Waals surface area contributed by atoms with Crippen LogP contribution in [-0.4, -0.2) is 36.0 Å². The minimum atomic E-state index is -0.423. The third-order valence-corrected chi connectivity index (χ3v) is 4.92. The summed E-state index contributed by atoms with van der Waals surface area (Å²) in [6.45, 7) is 3.44. The maximum absolute atomic E-state index is 12.1. The number of rotatable bonds is 2. The molecule has 0 spiro atoms. The number of nitrogens with one attached hydrogen (secondary N) is 2. The Labute approximate surface area is 124 Å². The van der Waals surface area contributed by atoms with E-state index in [0.29, 0.717) is 19.6 Å². The molecule has 1 saturated heterocycles. The molecule has 1 aromatic heterocycles. The Morgan fingerprint density at radius 2 is 2.47 bits per heavy atom. The van der Waals surface area contributed by atoms with Crippen molar-refractivity contribution in [2.75, 3.05) is 13.1 Å². The van der Waals surface area contributed by atoms with E-state index in [1.807, 2.05) is 11.4 Å². The van der Waals surface area contributed by atoms with Gasteiger partial charge >= 0.3 is 6.03 Å². The first-order valence-corrected chi connectivity index (χ1v) is 7.81. The predicted molar refractivity (Wildman–Crippen MR) is 78.0 cm³/mol. The fourth-order valence-corrected chi connectivity index (χ4v) is 3.18. The standard InChI is InChI=1S/C12H16BrN3O2S/c1-8-11(17)14-4-2-5-16(8)12(18)15-7-9-3-6-19-10(9)13/h3,6,8H,2,4-5,7H2,1H3,(H,14,17)(H,15,18)/t8-/m1/s1. The minimum Gasteiger partial charge on any atom is -0.354 e. The van der Waals surface area contributed by atoms with E-state index < -0.39 is 6.04 Å². The molecule has 0 aromatic carbocycles. The van der Waals surface area contributed by atoms with E-state index in [4.69, 9.17) is 0 Å². The zero-order valence-electron chi connectivity index (χ0n) is 10.6. The van der Waals surface area contributed by atoms with Crippen molar-refractivity contribution in [3.8, 4) is 0 Å². The number of hydrogen-bond donors (Lipinski definition) is 2. The molecule has 1 aliphatic heterocycles. The van der Waals surface area contributed by atoms with Gasteiger partial charge < -0.3 is 15.5 Å². The van der Waals surface area contributed by atoms with Crippen molar-refractivity contribution in [1.82, 2.24) is 15.5 Å². The number of thiophene rings is 1. The van der Waals surface area contributed by atoms with Crippen molar-refractivity contribution in [3.05, 3.63) is 20.8 Å². The minimum absolute atomic E-state index is 0.0932. The SMILES string of the molecule is C[C@@H]1C(=O)NCCCN1C(=O)NCc1ccsc1Br. The lowest BCUT2D eigenvalue weighted by atomic mass is 10.3. The summed E-state index contributed by atoms with van der Waals surface area (Å²) < 4.78 is 1.02. The molecule has 1 fully saturated rings. The molecule has 3 amide bonds. The van der Waals surface area contributed by atoms with Gasteiger partial charge in [0.05, 0.1) is 3.79 Å². The summed E-state index contributed by atoms with van der Waals surface area (Å²) in [7, 11) is 0. The van der Waals surface area contributed by atoms with E-state index in [0.717, 1.165) is 15.8 Å². The zero-order chi connectivity index (χ0) is 13.8. The highest BCUT2D eigenvalue weighted by atomic mass is 79.9. The van der Waals surface area contributed by atoms with Crippen LogP contribution in [-0.2, 0) is 11.3 Å². The smallest absolute Gasteiger partial charge is 0.318 e. The van der Waals surface area contributed by atoms with Crippen LogP contribution >= 0.6 is 27.3 Å². The van der Waals surface area contributed by atoms with Gasteiger partial charge in [0.1, 0.15) is 6.04 Å². The first-order chi connectivity index (χ1) is 9.09. The molecule has 19 heavy (non-hydrogen) atoms.